The molecular formula is C12H18N4O3. The lowest BCUT2D eigenvalue weighted by molar-refractivity contribution is -0.143. The van der Waals surface area contributed by atoms with Crippen molar-refractivity contribution in [1.82, 2.24) is 20.4 Å². The smallest absolute Gasteiger partial charge is 0.315 e. The number of nitrogens with zero attached hydrogens (tertiary/aromatic N) is 2. The fraction of sp³-hybridized carbons (Fsp3) is 0.583. The summed E-state index contributed by atoms with van der Waals surface area (Å²) in [4.78, 5) is 22.6. The number of carboxylic acids is 1. The molecule has 0 bridgehead atoms. The maximum absolute atomic E-state index is 11.6. The molecule has 0 aliphatic heterocycles. The number of carbonyl (C=O) groups is 2. The maximum atomic E-state index is 11.6. The minimum absolute atomic E-state index is 0.0834. The van der Waals surface area contributed by atoms with E-state index in [1.54, 1.807) is 10.9 Å². The summed E-state index contributed by atoms with van der Waals surface area (Å²) in [7, 11) is 0. The van der Waals surface area contributed by atoms with Gasteiger partial charge in [-0.15, -0.1) is 0 Å². The number of urea groups is 1. The molecule has 1 heterocycles. The Balaban J connectivity index is 1.71. The number of carboxylic acid groups (broad SMARTS) is 1. The summed E-state index contributed by atoms with van der Waals surface area (Å²) in [5.41, 5.74) is -0.734. The van der Waals surface area contributed by atoms with Crippen LogP contribution in [0.3, 0.4) is 0 Å². The Labute approximate surface area is 111 Å². The molecular weight excluding hydrogens is 248 g/mol. The van der Waals surface area contributed by atoms with Gasteiger partial charge in [-0.2, -0.15) is 5.10 Å². The summed E-state index contributed by atoms with van der Waals surface area (Å²) in [6.07, 6.45) is 4.76. The summed E-state index contributed by atoms with van der Waals surface area (Å²) in [5.74, 6) is -0.836. The first-order valence-electron chi connectivity index (χ1n) is 6.27. The van der Waals surface area contributed by atoms with E-state index in [2.05, 4.69) is 15.7 Å². The number of hydrogen-bond acceptors (Lipinski definition) is 3. The molecule has 1 aliphatic rings. The van der Waals surface area contributed by atoms with Gasteiger partial charge < -0.3 is 15.7 Å². The Morgan fingerprint density at radius 2 is 2.26 bits per heavy atom. The molecule has 1 fully saturated rings. The standard InChI is InChI=1S/C12H18N4O3/c1-9(7-16-6-2-5-14-16)15-11(19)13-8-12(3-4-12)10(17)18/h2,5-6,9H,3-4,7-8H2,1H3,(H,17,18)(H2,13,15,19). The SMILES string of the molecule is CC(Cn1cccn1)NC(=O)NCC1(C(=O)O)CC1. The third-order valence-electron chi connectivity index (χ3n) is 3.29. The van der Waals surface area contributed by atoms with E-state index in [9.17, 15) is 9.59 Å². The summed E-state index contributed by atoms with van der Waals surface area (Å²) in [5, 5.41) is 18.4. The van der Waals surface area contributed by atoms with Gasteiger partial charge in [0.2, 0.25) is 0 Å². The summed E-state index contributed by atoms with van der Waals surface area (Å²) < 4.78 is 1.73. The maximum Gasteiger partial charge on any atom is 0.315 e. The highest BCUT2D eigenvalue weighted by Gasteiger charge is 2.50. The molecule has 0 aromatic carbocycles. The zero-order valence-corrected chi connectivity index (χ0v) is 10.8. The van der Waals surface area contributed by atoms with Gasteiger partial charge in [0, 0.05) is 25.0 Å². The normalized spacial score (nSPS) is 17.5. The molecule has 1 aliphatic carbocycles. The zero-order valence-electron chi connectivity index (χ0n) is 10.8. The van der Waals surface area contributed by atoms with Gasteiger partial charge in [0.05, 0.1) is 12.0 Å². The predicted octanol–water partition coefficient (Wildman–Crippen LogP) is 0.436. The van der Waals surface area contributed by atoms with E-state index in [0.717, 1.165) is 0 Å². The second-order valence-corrected chi connectivity index (χ2v) is 5.04. The van der Waals surface area contributed by atoms with Crippen molar-refractivity contribution in [2.75, 3.05) is 6.54 Å². The molecule has 3 N–H and O–H groups in total. The van der Waals surface area contributed by atoms with Crippen LogP contribution in [0.15, 0.2) is 18.5 Å². The highest BCUT2D eigenvalue weighted by molar-refractivity contribution is 5.80. The van der Waals surface area contributed by atoms with Crippen LogP contribution in [0.4, 0.5) is 4.79 Å². The van der Waals surface area contributed by atoms with Crippen molar-refractivity contribution in [3.63, 3.8) is 0 Å². The monoisotopic (exact) mass is 266 g/mol. The Morgan fingerprint density at radius 3 is 2.79 bits per heavy atom. The van der Waals surface area contributed by atoms with Crippen LogP contribution in [0, 0.1) is 5.41 Å². The van der Waals surface area contributed by atoms with Crippen LogP contribution < -0.4 is 10.6 Å². The Morgan fingerprint density at radius 1 is 1.53 bits per heavy atom. The minimum atomic E-state index is -0.836. The van der Waals surface area contributed by atoms with E-state index >= 15 is 0 Å². The molecule has 7 heteroatoms. The van der Waals surface area contributed by atoms with Gasteiger partial charge in [-0.1, -0.05) is 0 Å². The van der Waals surface area contributed by atoms with Crippen molar-refractivity contribution < 1.29 is 14.7 Å². The Bertz CT molecular complexity index is 454. The Kier molecular flexibility index (Phi) is 3.73. The third-order valence-corrected chi connectivity index (χ3v) is 3.29. The number of amides is 2. The number of hydrogen-bond donors (Lipinski definition) is 3. The second kappa shape index (κ2) is 5.29. The summed E-state index contributed by atoms with van der Waals surface area (Å²) in [6, 6.07) is 1.39. The number of aliphatic carboxylic acids is 1. The number of nitrogens with one attached hydrogen (secondary N) is 2. The predicted molar refractivity (Wildman–Crippen MR) is 67.5 cm³/mol. The first-order valence-corrected chi connectivity index (χ1v) is 6.27. The van der Waals surface area contributed by atoms with Crippen molar-refractivity contribution in [3.8, 4) is 0 Å². The third kappa shape index (κ3) is 3.46. The van der Waals surface area contributed by atoms with Gasteiger partial charge in [0.25, 0.3) is 0 Å². The molecule has 0 spiro atoms. The van der Waals surface area contributed by atoms with Crippen LogP contribution in [0.1, 0.15) is 19.8 Å². The topological polar surface area (TPSA) is 96.3 Å². The lowest BCUT2D eigenvalue weighted by atomic mass is 10.1. The van der Waals surface area contributed by atoms with Gasteiger partial charge in [0.15, 0.2) is 0 Å². The van der Waals surface area contributed by atoms with Gasteiger partial charge in [-0.05, 0) is 25.8 Å². The van der Waals surface area contributed by atoms with Gasteiger partial charge in [-0.3, -0.25) is 9.48 Å². The number of aromatic nitrogens is 2. The number of carbonyl (C=O) groups excluding carboxylic acids is 1. The minimum Gasteiger partial charge on any atom is -0.481 e. The van der Waals surface area contributed by atoms with Crippen LogP contribution >= 0.6 is 0 Å². The molecule has 1 aromatic heterocycles. The average Bonchev–Trinajstić information content (AvgIpc) is 2.98. The van der Waals surface area contributed by atoms with E-state index in [1.165, 1.54) is 0 Å². The van der Waals surface area contributed by atoms with Crippen molar-refractivity contribution in [2.45, 2.75) is 32.4 Å². The summed E-state index contributed by atoms with van der Waals surface area (Å²) in [6.45, 7) is 2.62. The molecule has 1 unspecified atom stereocenters. The molecule has 0 radical (unpaired) electrons. The lowest BCUT2D eigenvalue weighted by Gasteiger charge is -2.16. The molecule has 104 valence electrons. The fourth-order valence-electron chi connectivity index (χ4n) is 1.88. The first kappa shape index (κ1) is 13.4. The van der Waals surface area contributed by atoms with E-state index in [1.807, 2.05) is 19.2 Å². The molecule has 7 nitrogen and oxygen atoms in total. The van der Waals surface area contributed by atoms with Crippen molar-refractivity contribution in [2.24, 2.45) is 5.41 Å². The second-order valence-electron chi connectivity index (χ2n) is 5.04. The molecule has 1 atom stereocenters. The Hall–Kier alpha value is -2.05. The van der Waals surface area contributed by atoms with E-state index < -0.39 is 11.4 Å². The van der Waals surface area contributed by atoms with E-state index in [-0.39, 0.29) is 18.6 Å². The lowest BCUT2D eigenvalue weighted by Crippen LogP contribution is -2.45. The number of rotatable bonds is 6. The van der Waals surface area contributed by atoms with Crippen LogP contribution in [-0.2, 0) is 11.3 Å². The van der Waals surface area contributed by atoms with Gasteiger partial charge >= 0.3 is 12.0 Å². The molecule has 1 saturated carbocycles. The van der Waals surface area contributed by atoms with Crippen molar-refractivity contribution in [3.05, 3.63) is 18.5 Å². The van der Waals surface area contributed by atoms with Crippen molar-refractivity contribution >= 4 is 12.0 Å². The first-order chi connectivity index (χ1) is 9.02. The molecule has 1 aromatic rings. The largest absolute Gasteiger partial charge is 0.481 e. The van der Waals surface area contributed by atoms with Crippen LogP contribution in [0.2, 0.25) is 0 Å². The van der Waals surface area contributed by atoms with E-state index in [4.69, 9.17) is 5.11 Å². The average molecular weight is 266 g/mol. The quantitative estimate of drug-likeness (QED) is 0.696. The highest BCUT2D eigenvalue weighted by atomic mass is 16.4. The zero-order chi connectivity index (χ0) is 13.9. The van der Waals surface area contributed by atoms with E-state index in [0.29, 0.717) is 19.4 Å². The molecule has 2 amide bonds. The highest BCUT2D eigenvalue weighted by Crippen LogP contribution is 2.45. The molecule has 19 heavy (non-hydrogen) atoms. The van der Waals surface area contributed by atoms with Crippen LogP contribution in [0.25, 0.3) is 0 Å². The van der Waals surface area contributed by atoms with Crippen molar-refractivity contribution in [1.29, 1.82) is 0 Å². The van der Waals surface area contributed by atoms with Gasteiger partial charge in [0.1, 0.15) is 0 Å². The molecule has 2 rings (SSSR count). The fourth-order valence-corrected chi connectivity index (χ4v) is 1.88. The van der Waals surface area contributed by atoms with Gasteiger partial charge in [-0.25, -0.2) is 4.79 Å². The van der Waals surface area contributed by atoms with Crippen LogP contribution in [-0.4, -0.2) is 39.5 Å². The molecule has 0 saturated heterocycles. The van der Waals surface area contributed by atoms with Crippen LogP contribution in [0.5, 0.6) is 0 Å². The summed E-state index contributed by atoms with van der Waals surface area (Å²) >= 11 is 0.